The number of halogens is 2. The summed E-state index contributed by atoms with van der Waals surface area (Å²) in [4.78, 5) is 23.0. The SMILES string of the molecule is O=C(NCc1ccccn1)Nc1cc(F)c(Oc2ccnc3[nH]ccc23)c(F)c1. The zero-order chi connectivity index (χ0) is 20.2. The molecule has 0 aliphatic heterocycles. The van der Waals surface area contributed by atoms with Crippen LogP contribution in [0.15, 0.2) is 61.1 Å². The van der Waals surface area contributed by atoms with Gasteiger partial charge in [0, 0.05) is 36.4 Å². The molecule has 3 N–H and O–H groups in total. The van der Waals surface area contributed by atoms with E-state index in [1.807, 2.05) is 0 Å². The van der Waals surface area contributed by atoms with Crippen molar-refractivity contribution in [3.05, 3.63) is 78.4 Å². The lowest BCUT2D eigenvalue weighted by Crippen LogP contribution is -2.28. The van der Waals surface area contributed by atoms with E-state index in [2.05, 4.69) is 25.6 Å². The Morgan fingerprint density at radius 1 is 1.07 bits per heavy atom. The van der Waals surface area contributed by atoms with Crippen molar-refractivity contribution in [1.29, 1.82) is 0 Å². The number of ether oxygens (including phenoxy) is 1. The topological polar surface area (TPSA) is 91.9 Å². The minimum atomic E-state index is -0.953. The number of aromatic nitrogens is 3. The Labute approximate surface area is 163 Å². The third-order valence-electron chi connectivity index (χ3n) is 4.04. The monoisotopic (exact) mass is 395 g/mol. The summed E-state index contributed by atoms with van der Waals surface area (Å²) in [6.45, 7) is 0.174. The van der Waals surface area contributed by atoms with Gasteiger partial charge in [-0.1, -0.05) is 6.07 Å². The van der Waals surface area contributed by atoms with Crippen LogP contribution in [-0.4, -0.2) is 21.0 Å². The molecule has 0 aliphatic rings. The molecule has 2 amide bonds. The summed E-state index contributed by atoms with van der Waals surface area (Å²) in [7, 11) is 0. The van der Waals surface area contributed by atoms with Gasteiger partial charge in [-0.2, -0.15) is 0 Å². The van der Waals surface area contributed by atoms with Crippen molar-refractivity contribution in [2.45, 2.75) is 6.54 Å². The molecule has 0 unspecified atom stereocenters. The Kier molecular flexibility index (Phi) is 5.02. The van der Waals surface area contributed by atoms with Crippen molar-refractivity contribution in [3.8, 4) is 11.5 Å². The van der Waals surface area contributed by atoms with Gasteiger partial charge in [0.2, 0.25) is 0 Å². The van der Waals surface area contributed by atoms with Crippen LogP contribution in [0.4, 0.5) is 19.3 Å². The first-order valence-corrected chi connectivity index (χ1v) is 8.64. The van der Waals surface area contributed by atoms with Crippen molar-refractivity contribution >= 4 is 22.8 Å². The lowest BCUT2D eigenvalue weighted by atomic mass is 10.2. The van der Waals surface area contributed by atoms with E-state index < -0.39 is 23.4 Å². The number of urea groups is 1. The lowest BCUT2D eigenvalue weighted by Gasteiger charge is -2.12. The molecule has 0 fully saturated rings. The van der Waals surface area contributed by atoms with Gasteiger partial charge in [-0.05, 0) is 24.3 Å². The highest BCUT2D eigenvalue weighted by Gasteiger charge is 2.16. The molecule has 1 aromatic carbocycles. The molecule has 0 aliphatic carbocycles. The summed E-state index contributed by atoms with van der Waals surface area (Å²) in [6.07, 6.45) is 4.71. The fourth-order valence-corrected chi connectivity index (χ4v) is 2.71. The number of aromatic amines is 1. The zero-order valence-corrected chi connectivity index (χ0v) is 14.9. The lowest BCUT2D eigenvalue weighted by molar-refractivity contribution is 0.251. The number of pyridine rings is 2. The Balaban J connectivity index is 1.47. The zero-order valence-electron chi connectivity index (χ0n) is 14.9. The van der Waals surface area contributed by atoms with Crippen molar-refractivity contribution in [2.24, 2.45) is 0 Å². The predicted octanol–water partition coefficient (Wildman–Crippen LogP) is 4.35. The number of carbonyl (C=O) groups excluding carboxylic acids is 1. The van der Waals surface area contributed by atoms with Crippen LogP contribution in [0.1, 0.15) is 5.69 Å². The quantitative estimate of drug-likeness (QED) is 0.468. The van der Waals surface area contributed by atoms with E-state index in [0.29, 0.717) is 16.7 Å². The summed E-state index contributed by atoms with van der Waals surface area (Å²) in [6, 6.07) is 9.82. The number of carbonyl (C=O) groups is 1. The molecule has 3 aromatic heterocycles. The third kappa shape index (κ3) is 4.13. The van der Waals surface area contributed by atoms with Crippen LogP contribution in [0, 0.1) is 11.6 Å². The normalized spacial score (nSPS) is 10.7. The van der Waals surface area contributed by atoms with Gasteiger partial charge in [-0.3, -0.25) is 4.98 Å². The molecule has 0 radical (unpaired) electrons. The Morgan fingerprint density at radius 2 is 1.90 bits per heavy atom. The fourth-order valence-electron chi connectivity index (χ4n) is 2.71. The molecule has 0 spiro atoms. The van der Waals surface area contributed by atoms with Crippen LogP contribution in [0.5, 0.6) is 11.5 Å². The van der Waals surface area contributed by atoms with Gasteiger partial charge in [-0.25, -0.2) is 18.6 Å². The predicted molar refractivity (Wildman–Crippen MR) is 103 cm³/mol. The fraction of sp³-hybridized carbons (Fsp3) is 0.0500. The number of amides is 2. The van der Waals surface area contributed by atoms with E-state index in [1.54, 1.807) is 36.7 Å². The van der Waals surface area contributed by atoms with E-state index in [9.17, 15) is 13.6 Å². The summed E-state index contributed by atoms with van der Waals surface area (Å²) < 4.78 is 34.3. The summed E-state index contributed by atoms with van der Waals surface area (Å²) >= 11 is 0. The first kappa shape index (κ1) is 18.4. The number of benzene rings is 1. The molecule has 4 aromatic rings. The van der Waals surface area contributed by atoms with Crippen molar-refractivity contribution in [3.63, 3.8) is 0 Å². The third-order valence-corrected chi connectivity index (χ3v) is 4.04. The Morgan fingerprint density at radius 3 is 2.66 bits per heavy atom. The smallest absolute Gasteiger partial charge is 0.319 e. The highest BCUT2D eigenvalue weighted by Crippen LogP contribution is 2.33. The van der Waals surface area contributed by atoms with Crippen molar-refractivity contribution < 1.29 is 18.3 Å². The van der Waals surface area contributed by atoms with E-state index >= 15 is 0 Å². The molecule has 4 rings (SSSR count). The Bertz CT molecular complexity index is 1140. The van der Waals surface area contributed by atoms with Crippen LogP contribution >= 0.6 is 0 Å². The summed E-state index contributed by atoms with van der Waals surface area (Å²) in [5.41, 5.74) is 1.13. The molecule has 0 saturated carbocycles. The largest absolute Gasteiger partial charge is 0.450 e. The highest BCUT2D eigenvalue weighted by atomic mass is 19.1. The average Bonchev–Trinajstić information content (AvgIpc) is 3.20. The maximum absolute atomic E-state index is 14.5. The summed E-state index contributed by atoms with van der Waals surface area (Å²) in [5.74, 6) is -2.22. The number of H-pyrrole nitrogens is 1. The second kappa shape index (κ2) is 7.93. The first-order chi connectivity index (χ1) is 14.1. The maximum atomic E-state index is 14.5. The van der Waals surface area contributed by atoms with Gasteiger partial charge < -0.3 is 20.4 Å². The standard InChI is InChI=1S/C20H15F2N5O2/c21-15-9-13(27-20(28)26-11-12-3-1-2-6-23-12)10-16(22)18(15)29-17-5-8-25-19-14(17)4-7-24-19/h1-10H,11H2,(H,24,25)(H2,26,27,28). The first-order valence-electron chi connectivity index (χ1n) is 8.64. The molecule has 7 nitrogen and oxygen atoms in total. The number of nitrogens with zero attached hydrogens (tertiary/aromatic N) is 2. The molecule has 0 atom stereocenters. The number of rotatable bonds is 5. The van der Waals surface area contributed by atoms with Crippen LogP contribution in [-0.2, 0) is 6.54 Å². The van der Waals surface area contributed by atoms with Crippen LogP contribution in [0.25, 0.3) is 11.0 Å². The van der Waals surface area contributed by atoms with E-state index in [0.717, 1.165) is 12.1 Å². The number of hydrogen-bond donors (Lipinski definition) is 3. The van der Waals surface area contributed by atoms with Gasteiger partial charge in [0.1, 0.15) is 11.4 Å². The van der Waals surface area contributed by atoms with Crippen LogP contribution in [0.2, 0.25) is 0 Å². The molecule has 0 bridgehead atoms. The van der Waals surface area contributed by atoms with Gasteiger partial charge in [0.05, 0.1) is 17.6 Å². The number of hydrogen-bond acceptors (Lipinski definition) is 4. The van der Waals surface area contributed by atoms with Crippen molar-refractivity contribution in [2.75, 3.05) is 5.32 Å². The van der Waals surface area contributed by atoms with E-state index in [1.165, 1.54) is 12.3 Å². The number of nitrogens with one attached hydrogen (secondary N) is 3. The van der Waals surface area contributed by atoms with E-state index in [4.69, 9.17) is 4.74 Å². The second-order valence-electron chi connectivity index (χ2n) is 6.05. The molecule has 29 heavy (non-hydrogen) atoms. The van der Waals surface area contributed by atoms with Crippen LogP contribution < -0.4 is 15.4 Å². The van der Waals surface area contributed by atoms with Gasteiger partial charge in [-0.15, -0.1) is 0 Å². The molecular weight excluding hydrogens is 380 g/mol. The second-order valence-corrected chi connectivity index (χ2v) is 6.05. The minimum Gasteiger partial charge on any atom is -0.450 e. The molecule has 146 valence electrons. The number of anilines is 1. The molecule has 0 saturated heterocycles. The molecule has 3 heterocycles. The van der Waals surface area contributed by atoms with Gasteiger partial charge in [0.25, 0.3) is 0 Å². The number of fused-ring (bicyclic) bond motifs is 1. The summed E-state index contributed by atoms with van der Waals surface area (Å²) in [5, 5.41) is 5.53. The van der Waals surface area contributed by atoms with Gasteiger partial charge >= 0.3 is 6.03 Å². The van der Waals surface area contributed by atoms with E-state index in [-0.39, 0.29) is 18.0 Å². The van der Waals surface area contributed by atoms with Crippen molar-refractivity contribution in [1.82, 2.24) is 20.3 Å². The van der Waals surface area contributed by atoms with Gasteiger partial charge in [0.15, 0.2) is 17.4 Å². The molecular formula is C20H15F2N5O2. The minimum absolute atomic E-state index is 0.0487. The Hall–Kier alpha value is -4.01. The van der Waals surface area contributed by atoms with Crippen LogP contribution in [0.3, 0.4) is 0 Å². The maximum Gasteiger partial charge on any atom is 0.319 e. The molecule has 9 heteroatoms. The highest BCUT2D eigenvalue weighted by molar-refractivity contribution is 5.89. The average molecular weight is 395 g/mol.